The lowest BCUT2D eigenvalue weighted by Crippen LogP contribution is -2.15. The molecule has 0 unspecified atom stereocenters. The summed E-state index contributed by atoms with van der Waals surface area (Å²) in [5, 5.41) is 0. The fourth-order valence-electron chi connectivity index (χ4n) is 2.61. The molecule has 0 saturated heterocycles. The molecular formula is C26H50O13. The fraction of sp³-hybridized carbons (Fsp3) is 0.923. The Morgan fingerprint density at radius 2 is 0.667 bits per heavy atom. The van der Waals surface area contributed by atoms with Crippen molar-refractivity contribution in [3.05, 3.63) is 0 Å². The van der Waals surface area contributed by atoms with Gasteiger partial charge in [0.1, 0.15) is 6.61 Å². The lowest BCUT2D eigenvalue weighted by Gasteiger charge is -2.09. The van der Waals surface area contributed by atoms with Crippen molar-refractivity contribution in [2.75, 3.05) is 133 Å². The Hall–Kier alpha value is -1.42. The van der Waals surface area contributed by atoms with Crippen LogP contribution in [0, 0.1) is 0 Å². The average molecular weight is 571 g/mol. The standard InChI is InChI=1S/C26H50O13/c1-3-4-26(28)39-24-23-38-22-21-37-20-19-36-18-17-35-16-15-34-14-13-33-12-11-32-10-9-31-8-7-30-6-5-25(27)29-2/h3-24H2,1-2H3. The molecule has 0 aromatic carbocycles. The molecule has 0 amide bonds. The van der Waals surface area contributed by atoms with E-state index in [1.54, 1.807) is 0 Å². The monoisotopic (exact) mass is 570 g/mol. The molecule has 0 rings (SSSR count). The van der Waals surface area contributed by atoms with Crippen molar-refractivity contribution >= 4 is 11.9 Å². The van der Waals surface area contributed by atoms with Gasteiger partial charge in [-0.3, -0.25) is 9.59 Å². The molecule has 13 heteroatoms. The zero-order chi connectivity index (χ0) is 28.5. The largest absolute Gasteiger partial charge is 0.469 e. The van der Waals surface area contributed by atoms with E-state index in [0.29, 0.717) is 125 Å². The topological polar surface area (TPSA) is 136 Å². The molecule has 0 aromatic heterocycles. The Bertz CT molecular complexity index is 522. The minimum absolute atomic E-state index is 0.191. The van der Waals surface area contributed by atoms with Gasteiger partial charge in [0.05, 0.1) is 132 Å². The molecule has 13 nitrogen and oxygen atoms in total. The zero-order valence-electron chi connectivity index (χ0n) is 23.9. The van der Waals surface area contributed by atoms with E-state index in [2.05, 4.69) is 4.74 Å². The summed E-state index contributed by atoms with van der Waals surface area (Å²) in [4.78, 5) is 22.1. The maximum atomic E-state index is 11.2. The molecule has 0 saturated carbocycles. The second-order valence-electron chi connectivity index (χ2n) is 7.81. The molecule has 39 heavy (non-hydrogen) atoms. The van der Waals surface area contributed by atoms with Crippen LogP contribution in [-0.2, 0) is 61.7 Å². The molecular weight excluding hydrogens is 520 g/mol. The van der Waals surface area contributed by atoms with Crippen LogP contribution in [0.5, 0.6) is 0 Å². The number of rotatable bonds is 32. The van der Waals surface area contributed by atoms with Crippen molar-refractivity contribution in [3.8, 4) is 0 Å². The van der Waals surface area contributed by atoms with Crippen LogP contribution < -0.4 is 0 Å². The van der Waals surface area contributed by atoms with E-state index in [-0.39, 0.29) is 25.0 Å². The van der Waals surface area contributed by atoms with Crippen molar-refractivity contribution in [2.45, 2.75) is 26.2 Å². The van der Waals surface area contributed by atoms with Gasteiger partial charge in [-0.15, -0.1) is 0 Å². The van der Waals surface area contributed by atoms with E-state index in [9.17, 15) is 9.59 Å². The van der Waals surface area contributed by atoms with Crippen LogP contribution in [-0.4, -0.2) is 145 Å². The molecule has 0 heterocycles. The van der Waals surface area contributed by atoms with Crippen LogP contribution in [0.25, 0.3) is 0 Å². The van der Waals surface area contributed by atoms with Crippen molar-refractivity contribution < 1.29 is 61.7 Å². The number of methoxy groups -OCH3 is 1. The third kappa shape index (κ3) is 32.7. The summed E-state index contributed by atoms with van der Waals surface area (Å²) >= 11 is 0. The molecule has 0 aromatic rings. The van der Waals surface area contributed by atoms with Gasteiger partial charge in [-0.2, -0.15) is 0 Å². The molecule has 0 fully saturated rings. The van der Waals surface area contributed by atoms with Crippen LogP contribution >= 0.6 is 0 Å². The van der Waals surface area contributed by atoms with Gasteiger partial charge in [0.25, 0.3) is 0 Å². The van der Waals surface area contributed by atoms with Gasteiger partial charge in [-0.25, -0.2) is 0 Å². The summed E-state index contributed by atoms with van der Waals surface area (Å²) in [5.41, 5.74) is 0. The normalized spacial score (nSPS) is 11.1. The third-order valence-corrected chi connectivity index (χ3v) is 4.60. The quantitative estimate of drug-likeness (QED) is 0.0842. The van der Waals surface area contributed by atoms with Crippen molar-refractivity contribution in [3.63, 3.8) is 0 Å². The van der Waals surface area contributed by atoms with Gasteiger partial charge in [-0.1, -0.05) is 6.92 Å². The molecule has 232 valence electrons. The number of hydrogen-bond donors (Lipinski definition) is 0. The summed E-state index contributed by atoms with van der Waals surface area (Å²) in [6, 6.07) is 0. The molecule has 0 aliphatic carbocycles. The first-order valence-corrected chi connectivity index (χ1v) is 13.6. The zero-order valence-corrected chi connectivity index (χ0v) is 23.9. The Kier molecular flexibility index (Phi) is 31.6. The fourth-order valence-corrected chi connectivity index (χ4v) is 2.61. The number of esters is 2. The lowest BCUT2D eigenvalue weighted by molar-refractivity contribution is -0.145. The smallest absolute Gasteiger partial charge is 0.307 e. The predicted octanol–water partition coefficient (Wildman–Crippen LogP) is 1.04. The second-order valence-corrected chi connectivity index (χ2v) is 7.81. The highest BCUT2D eigenvalue weighted by atomic mass is 16.6. The van der Waals surface area contributed by atoms with Crippen molar-refractivity contribution in [2.24, 2.45) is 0 Å². The molecule has 0 atom stereocenters. The Labute approximate surface area is 232 Å². The van der Waals surface area contributed by atoms with Crippen molar-refractivity contribution in [1.82, 2.24) is 0 Å². The van der Waals surface area contributed by atoms with E-state index in [1.165, 1.54) is 7.11 Å². The summed E-state index contributed by atoms with van der Waals surface area (Å²) in [5.74, 6) is -0.479. The molecule has 0 aliphatic heterocycles. The van der Waals surface area contributed by atoms with Gasteiger partial charge in [0, 0.05) is 6.42 Å². The SMILES string of the molecule is CCCC(=O)OCCOCCOCCOCCOCCOCCOCCOCCOCCOCCC(=O)OC. The van der Waals surface area contributed by atoms with Gasteiger partial charge in [0.15, 0.2) is 0 Å². The van der Waals surface area contributed by atoms with Crippen LogP contribution in [0.15, 0.2) is 0 Å². The van der Waals surface area contributed by atoms with Crippen LogP contribution in [0.2, 0.25) is 0 Å². The number of ether oxygens (including phenoxy) is 11. The van der Waals surface area contributed by atoms with Gasteiger partial charge in [-0.05, 0) is 6.42 Å². The third-order valence-electron chi connectivity index (χ3n) is 4.60. The highest BCUT2D eigenvalue weighted by Crippen LogP contribution is 1.91. The maximum absolute atomic E-state index is 11.2. The van der Waals surface area contributed by atoms with Crippen molar-refractivity contribution in [1.29, 1.82) is 0 Å². The van der Waals surface area contributed by atoms with E-state index >= 15 is 0 Å². The first kappa shape index (κ1) is 37.6. The van der Waals surface area contributed by atoms with Crippen LogP contribution in [0.3, 0.4) is 0 Å². The number of hydrogen-bond acceptors (Lipinski definition) is 13. The molecule has 0 N–H and O–H groups in total. The molecule has 0 bridgehead atoms. The van der Waals surface area contributed by atoms with E-state index in [4.69, 9.17) is 47.4 Å². The van der Waals surface area contributed by atoms with E-state index in [0.717, 1.165) is 6.42 Å². The number of carbonyl (C=O) groups is 2. The van der Waals surface area contributed by atoms with E-state index < -0.39 is 0 Å². The van der Waals surface area contributed by atoms with Gasteiger partial charge >= 0.3 is 11.9 Å². The molecule has 0 radical (unpaired) electrons. The van der Waals surface area contributed by atoms with Crippen LogP contribution in [0.1, 0.15) is 26.2 Å². The minimum atomic E-state index is -0.288. The molecule has 0 aliphatic rings. The Morgan fingerprint density at radius 3 is 0.949 bits per heavy atom. The van der Waals surface area contributed by atoms with Gasteiger partial charge < -0.3 is 52.1 Å². The Morgan fingerprint density at radius 1 is 0.385 bits per heavy atom. The number of carbonyl (C=O) groups excluding carboxylic acids is 2. The predicted molar refractivity (Wildman–Crippen MR) is 140 cm³/mol. The summed E-state index contributed by atoms with van der Waals surface area (Å²) in [7, 11) is 1.35. The first-order chi connectivity index (χ1) is 19.2. The Balaban J connectivity index is 3.07. The lowest BCUT2D eigenvalue weighted by atomic mass is 10.3. The van der Waals surface area contributed by atoms with E-state index in [1.807, 2.05) is 6.92 Å². The second kappa shape index (κ2) is 32.8. The molecule has 0 spiro atoms. The summed E-state index contributed by atoms with van der Waals surface area (Å²) in [6.07, 6.45) is 1.47. The van der Waals surface area contributed by atoms with Crippen LogP contribution in [0.4, 0.5) is 0 Å². The maximum Gasteiger partial charge on any atom is 0.307 e. The highest BCUT2D eigenvalue weighted by molar-refractivity contribution is 5.69. The summed E-state index contributed by atoms with van der Waals surface area (Å²) < 4.78 is 57.9. The highest BCUT2D eigenvalue weighted by Gasteiger charge is 2.00. The van der Waals surface area contributed by atoms with Gasteiger partial charge in [0.2, 0.25) is 0 Å². The summed E-state index contributed by atoms with van der Waals surface area (Å²) in [6.45, 7) is 10.5. The first-order valence-electron chi connectivity index (χ1n) is 13.6. The average Bonchev–Trinajstić information content (AvgIpc) is 2.94. The minimum Gasteiger partial charge on any atom is -0.469 e.